The Morgan fingerprint density at radius 3 is 2.30 bits per heavy atom. The lowest BCUT2D eigenvalue weighted by Crippen LogP contribution is -2.43. The summed E-state index contributed by atoms with van der Waals surface area (Å²) in [6, 6.07) is 5.40. The van der Waals surface area contributed by atoms with Crippen molar-refractivity contribution in [3.05, 3.63) is 23.8 Å². The fourth-order valence-electron chi connectivity index (χ4n) is 2.92. The highest BCUT2D eigenvalue weighted by Gasteiger charge is 2.30. The molecule has 7 nitrogen and oxygen atoms in total. The summed E-state index contributed by atoms with van der Waals surface area (Å²) in [6.07, 6.45) is 0.852. The molecule has 27 heavy (non-hydrogen) atoms. The number of benzene rings is 1. The second kappa shape index (κ2) is 8.41. The van der Waals surface area contributed by atoms with Crippen LogP contribution in [0.4, 0.5) is 16.2 Å². The van der Waals surface area contributed by atoms with Gasteiger partial charge in [0.25, 0.3) is 0 Å². The largest absolute Gasteiger partial charge is 0.444 e. The van der Waals surface area contributed by atoms with Crippen molar-refractivity contribution >= 4 is 29.3 Å². The Balaban J connectivity index is 1.93. The third-order valence-corrected chi connectivity index (χ3v) is 4.33. The van der Waals surface area contributed by atoms with Gasteiger partial charge < -0.3 is 20.3 Å². The third kappa shape index (κ3) is 6.27. The van der Waals surface area contributed by atoms with E-state index in [1.54, 1.807) is 17.0 Å². The minimum atomic E-state index is -0.526. The molecular weight excluding hydrogens is 346 g/mol. The van der Waals surface area contributed by atoms with Crippen molar-refractivity contribution in [1.29, 1.82) is 0 Å². The van der Waals surface area contributed by atoms with Gasteiger partial charge in [0.15, 0.2) is 0 Å². The molecular formula is C20H29N3O4. The van der Waals surface area contributed by atoms with Gasteiger partial charge in [-0.25, -0.2) is 4.79 Å². The van der Waals surface area contributed by atoms with Crippen molar-refractivity contribution in [2.75, 3.05) is 23.7 Å². The van der Waals surface area contributed by atoms with Crippen LogP contribution in [0.3, 0.4) is 0 Å². The minimum Gasteiger partial charge on any atom is -0.444 e. The lowest BCUT2D eigenvalue weighted by molar-refractivity contribution is -0.121. The highest BCUT2D eigenvalue weighted by Crippen LogP contribution is 2.24. The summed E-state index contributed by atoms with van der Waals surface area (Å²) < 4.78 is 5.38. The van der Waals surface area contributed by atoms with E-state index in [-0.39, 0.29) is 23.8 Å². The molecule has 148 valence electrons. The molecule has 1 saturated heterocycles. The Hall–Kier alpha value is -2.57. The molecule has 3 amide bonds. The summed E-state index contributed by atoms with van der Waals surface area (Å²) in [5.41, 5.74) is 1.72. The number of hydrogen-bond acceptors (Lipinski definition) is 4. The first-order valence-corrected chi connectivity index (χ1v) is 9.22. The molecule has 1 aliphatic heterocycles. The van der Waals surface area contributed by atoms with Crippen LogP contribution in [0.5, 0.6) is 0 Å². The Morgan fingerprint density at radius 2 is 1.74 bits per heavy atom. The van der Waals surface area contributed by atoms with Crippen LogP contribution in [0.25, 0.3) is 0 Å². The van der Waals surface area contributed by atoms with E-state index in [2.05, 4.69) is 10.6 Å². The van der Waals surface area contributed by atoms with Gasteiger partial charge in [0, 0.05) is 37.3 Å². The van der Waals surface area contributed by atoms with Crippen LogP contribution in [0.2, 0.25) is 0 Å². The van der Waals surface area contributed by atoms with Crippen molar-refractivity contribution in [3.63, 3.8) is 0 Å². The Bertz CT molecular complexity index is 716. The summed E-state index contributed by atoms with van der Waals surface area (Å²) in [5, 5.41) is 5.66. The van der Waals surface area contributed by atoms with Crippen LogP contribution < -0.4 is 10.6 Å². The molecule has 0 aliphatic carbocycles. The van der Waals surface area contributed by atoms with E-state index in [1.165, 1.54) is 6.92 Å². The predicted octanol–water partition coefficient (Wildman–Crippen LogP) is 3.54. The molecule has 1 heterocycles. The van der Waals surface area contributed by atoms with Gasteiger partial charge in [0.1, 0.15) is 5.60 Å². The van der Waals surface area contributed by atoms with E-state index < -0.39 is 5.60 Å². The lowest BCUT2D eigenvalue weighted by Gasteiger charge is -2.33. The molecule has 1 aromatic carbocycles. The molecule has 0 unspecified atom stereocenters. The molecule has 2 N–H and O–H groups in total. The number of carbonyl (C=O) groups excluding carboxylic acids is 3. The van der Waals surface area contributed by atoms with Crippen LogP contribution in [0.1, 0.15) is 46.1 Å². The number of hydrogen-bond donors (Lipinski definition) is 2. The van der Waals surface area contributed by atoms with Crippen molar-refractivity contribution in [2.45, 2.75) is 53.1 Å². The molecule has 2 rings (SSSR count). The molecule has 0 aromatic heterocycles. The average Bonchev–Trinajstić information content (AvgIpc) is 2.56. The first kappa shape index (κ1) is 20.7. The van der Waals surface area contributed by atoms with Crippen LogP contribution >= 0.6 is 0 Å². The number of likely N-dealkylation sites (tertiary alicyclic amines) is 1. The quantitative estimate of drug-likeness (QED) is 0.846. The van der Waals surface area contributed by atoms with E-state index in [0.29, 0.717) is 37.3 Å². The van der Waals surface area contributed by atoms with Gasteiger partial charge in [0.2, 0.25) is 11.8 Å². The second-order valence-corrected chi connectivity index (χ2v) is 7.94. The van der Waals surface area contributed by atoms with Gasteiger partial charge >= 0.3 is 6.09 Å². The molecule has 1 fully saturated rings. The van der Waals surface area contributed by atoms with Gasteiger partial charge in [-0.15, -0.1) is 0 Å². The molecule has 0 spiro atoms. The number of rotatable bonds is 3. The number of piperidine rings is 1. The summed E-state index contributed by atoms with van der Waals surface area (Å²) >= 11 is 0. The van der Waals surface area contributed by atoms with Gasteiger partial charge in [-0.3, -0.25) is 9.59 Å². The zero-order valence-corrected chi connectivity index (χ0v) is 16.7. The first-order chi connectivity index (χ1) is 12.5. The van der Waals surface area contributed by atoms with Crippen molar-refractivity contribution < 1.29 is 19.1 Å². The zero-order valence-electron chi connectivity index (χ0n) is 16.7. The standard InChI is InChI=1S/C20H29N3O4/c1-13-6-7-16(21-14(2)24)12-17(13)22-18(25)15-8-10-23(11-9-15)19(26)27-20(3,4)5/h6-7,12,15H,8-11H2,1-5H3,(H,21,24)(H,22,25). The third-order valence-electron chi connectivity index (χ3n) is 4.33. The summed E-state index contributed by atoms with van der Waals surface area (Å²) in [7, 11) is 0. The normalized spacial score (nSPS) is 15.2. The number of ether oxygens (including phenoxy) is 1. The molecule has 0 saturated carbocycles. The summed E-state index contributed by atoms with van der Waals surface area (Å²) in [4.78, 5) is 37.6. The molecule has 1 aromatic rings. The van der Waals surface area contributed by atoms with Crippen molar-refractivity contribution in [3.8, 4) is 0 Å². The summed E-state index contributed by atoms with van der Waals surface area (Å²) in [6.45, 7) is 9.85. The van der Waals surface area contributed by atoms with E-state index in [4.69, 9.17) is 4.74 Å². The van der Waals surface area contributed by atoms with E-state index in [1.807, 2.05) is 33.8 Å². The van der Waals surface area contributed by atoms with Crippen LogP contribution in [-0.4, -0.2) is 41.5 Å². The monoisotopic (exact) mass is 375 g/mol. The van der Waals surface area contributed by atoms with E-state index >= 15 is 0 Å². The Labute approximate surface area is 160 Å². The molecule has 0 bridgehead atoms. The smallest absolute Gasteiger partial charge is 0.410 e. The second-order valence-electron chi connectivity index (χ2n) is 7.94. The molecule has 1 aliphatic rings. The maximum Gasteiger partial charge on any atom is 0.410 e. The van der Waals surface area contributed by atoms with Gasteiger partial charge in [-0.05, 0) is 58.2 Å². The highest BCUT2D eigenvalue weighted by molar-refractivity contribution is 5.95. The number of nitrogens with one attached hydrogen (secondary N) is 2. The van der Waals surface area contributed by atoms with Crippen molar-refractivity contribution in [2.24, 2.45) is 5.92 Å². The predicted molar refractivity (Wildman–Crippen MR) is 105 cm³/mol. The SMILES string of the molecule is CC(=O)Nc1ccc(C)c(NC(=O)C2CCN(C(=O)OC(C)(C)C)CC2)c1. The van der Waals surface area contributed by atoms with E-state index in [0.717, 1.165) is 5.56 Å². The number of amides is 3. The minimum absolute atomic E-state index is 0.0677. The molecule has 7 heteroatoms. The maximum absolute atomic E-state index is 12.6. The first-order valence-electron chi connectivity index (χ1n) is 9.22. The van der Waals surface area contributed by atoms with Crippen LogP contribution in [0, 0.1) is 12.8 Å². The molecule has 0 atom stereocenters. The fraction of sp³-hybridized carbons (Fsp3) is 0.550. The van der Waals surface area contributed by atoms with Crippen LogP contribution in [-0.2, 0) is 14.3 Å². The van der Waals surface area contributed by atoms with Crippen molar-refractivity contribution in [1.82, 2.24) is 4.90 Å². The Kier molecular flexibility index (Phi) is 6.46. The number of aryl methyl sites for hydroxylation is 1. The van der Waals surface area contributed by atoms with Gasteiger partial charge in [0.05, 0.1) is 0 Å². The molecule has 0 radical (unpaired) electrons. The summed E-state index contributed by atoms with van der Waals surface area (Å²) in [5.74, 6) is -0.389. The fourth-order valence-corrected chi connectivity index (χ4v) is 2.92. The van der Waals surface area contributed by atoms with Crippen LogP contribution in [0.15, 0.2) is 18.2 Å². The number of anilines is 2. The maximum atomic E-state index is 12.6. The zero-order chi connectivity index (χ0) is 20.2. The number of nitrogens with zero attached hydrogens (tertiary/aromatic N) is 1. The number of carbonyl (C=O) groups is 3. The van der Waals surface area contributed by atoms with Gasteiger partial charge in [-0.1, -0.05) is 6.07 Å². The highest BCUT2D eigenvalue weighted by atomic mass is 16.6. The lowest BCUT2D eigenvalue weighted by atomic mass is 9.96. The topological polar surface area (TPSA) is 87.7 Å². The average molecular weight is 375 g/mol. The van der Waals surface area contributed by atoms with Gasteiger partial charge in [-0.2, -0.15) is 0 Å². The Morgan fingerprint density at radius 1 is 1.11 bits per heavy atom. The van der Waals surface area contributed by atoms with E-state index in [9.17, 15) is 14.4 Å².